The average Bonchev–Trinajstić information content (AvgIpc) is 3.64. The van der Waals surface area contributed by atoms with E-state index in [2.05, 4.69) is 21.0 Å². The lowest BCUT2D eigenvalue weighted by atomic mass is 10.1. The van der Waals surface area contributed by atoms with Crippen molar-refractivity contribution in [2.45, 2.75) is 19.8 Å². The number of esters is 1. The van der Waals surface area contributed by atoms with E-state index in [9.17, 15) is 9.59 Å². The van der Waals surface area contributed by atoms with Crippen LogP contribution in [0.15, 0.2) is 108 Å². The second-order valence-corrected chi connectivity index (χ2v) is 10.3. The molecule has 0 unspecified atom stereocenters. The van der Waals surface area contributed by atoms with Crippen molar-refractivity contribution in [3.8, 4) is 22.9 Å². The van der Waals surface area contributed by atoms with Gasteiger partial charge >= 0.3 is 5.97 Å². The highest BCUT2D eigenvalue weighted by molar-refractivity contribution is 9.10. The highest BCUT2D eigenvalue weighted by Gasteiger charge is 2.17. The molecule has 3 aromatic carbocycles. The van der Waals surface area contributed by atoms with Crippen molar-refractivity contribution in [2.75, 3.05) is 6.61 Å². The highest BCUT2D eigenvalue weighted by atomic mass is 79.9. The van der Waals surface area contributed by atoms with Crippen LogP contribution in [0.5, 0.6) is 0 Å². The maximum Gasteiger partial charge on any atom is 0.338 e. The first-order valence-electron chi connectivity index (χ1n) is 13.1. The minimum atomic E-state index is -0.348. The predicted octanol–water partition coefficient (Wildman–Crippen LogP) is 7.67. The van der Waals surface area contributed by atoms with Crippen LogP contribution in [0.25, 0.3) is 44.8 Å². The van der Waals surface area contributed by atoms with E-state index < -0.39 is 0 Å². The molecule has 3 aromatic heterocycles. The molecule has 0 fully saturated rings. The number of unbranched alkanes of at least 4 members (excludes halogenated alkanes) is 1. The van der Waals surface area contributed by atoms with Crippen molar-refractivity contribution in [2.24, 2.45) is 5.10 Å². The second kappa shape index (κ2) is 11.4. The Hall–Kier alpha value is -4.76. The molecule has 9 heteroatoms. The molecular formula is C32H24BrN3O5. The molecule has 0 bridgehead atoms. The number of nitrogens with zero attached hydrogens (tertiary/aromatic N) is 3. The van der Waals surface area contributed by atoms with Gasteiger partial charge in [0, 0.05) is 15.4 Å². The Labute approximate surface area is 243 Å². The van der Waals surface area contributed by atoms with Crippen LogP contribution in [0.1, 0.15) is 35.9 Å². The molecule has 0 aliphatic carbocycles. The van der Waals surface area contributed by atoms with Crippen LogP contribution in [0.3, 0.4) is 0 Å². The summed E-state index contributed by atoms with van der Waals surface area (Å²) >= 11 is 3.48. The van der Waals surface area contributed by atoms with E-state index in [4.69, 9.17) is 18.6 Å². The lowest BCUT2D eigenvalue weighted by Gasteiger charge is -2.06. The molecule has 0 spiro atoms. The second-order valence-electron chi connectivity index (χ2n) is 9.38. The molecule has 0 amide bonds. The van der Waals surface area contributed by atoms with Crippen molar-refractivity contribution >= 4 is 50.0 Å². The largest absolute Gasteiger partial charge is 0.462 e. The summed E-state index contributed by atoms with van der Waals surface area (Å²) in [6, 6.07) is 25.2. The van der Waals surface area contributed by atoms with Crippen LogP contribution >= 0.6 is 15.9 Å². The molecule has 3 heterocycles. The van der Waals surface area contributed by atoms with Gasteiger partial charge in [0.25, 0.3) is 5.56 Å². The van der Waals surface area contributed by atoms with Gasteiger partial charge in [0.15, 0.2) is 5.76 Å². The monoisotopic (exact) mass is 609 g/mol. The minimum absolute atomic E-state index is 0.269. The molecule has 0 saturated heterocycles. The Morgan fingerprint density at radius 3 is 2.66 bits per heavy atom. The van der Waals surface area contributed by atoms with Gasteiger partial charge in [-0.3, -0.25) is 4.79 Å². The van der Waals surface area contributed by atoms with E-state index in [-0.39, 0.29) is 17.4 Å². The van der Waals surface area contributed by atoms with Crippen molar-refractivity contribution in [1.29, 1.82) is 0 Å². The normalized spacial score (nSPS) is 11.6. The summed E-state index contributed by atoms with van der Waals surface area (Å²) < 4.78 is 19.4. The summed E-state index contributed by atoms with van der Waals surface area (Å²) in [5.41, 5.74) is 2.13. The van der Waals surface area contributed by atoms with Gasteiger partial charge in [-0.15, -0.1) is 0 Å². The number of hydrogen-bond donors (Lipinski definition) is 0. The lowest BCUT2D eigenvalue weighted by molar-refractivity contribution is 0.0499. The molecule has 0 aliphatic rings. The molecule has 6 aromatic rings. The molecule has 0 saturated carbocycles. The van der Waals surface area contributed by atoms with Crippen LogP contribution in [0.4, 0.5) is 0 Å². The Kier molecular flexibility index (Phi) is 7.35. The topological polar surface area (TPSA) is 99.8 Å². The predicted molar refractivity (Wildman–Crippen MR) is 161 cm³/mol. The first-order chi connectivity index (χ1) is 20.0. The quantitative estimate of drug-likeness (QED) is 0.0996. The lowest BCUT2D eigenvalue weighted by Crippen LogP contribution is -2.20. The van der Waals surface area contributed by atoms with Crippen molar-refractivity contribution in [3.05, 3.63) is 111 Å². The van der Waals surface area contributed by atoms with E-state index in [1.165, 1.54) is 10.9 Å². The number of para-hydroxylation sites is 1. The van der Waals surface area contributed by atoms with Gasteiger partial charge in [-0.2, -0.15) is 9.78 Å². The van der Waals surface area contributed by atoms with E-state index in [1.807, 2.05) is 37.3 Å². The van der Waals surface area contributed by atoms with Crippen LogP contribution < -0.4 is 5.56 Å². The zero-order chi connectivity index (χ0) is 28.3. The number of hydrogen-bond acceptors (Lipinski definition) is 7. The highest BCUT2D eigenvalue weighted by Crippen LogP contribution is 2.29. The number of carbonyl (C=O) groups excluding carboxylic acids is 1. The van der Waals surface area contributed by atoms with Gasteiger partial charge in [-0.05, 0) is 67.1 Å². The summed E-state index contributed by atoms with van der Waals surface area (Å²) in [6.45, 7) is 2.45. The van der Waals surface area contributed by atoms with Gasteiger partial charge in [0.1, 0.15) is 17.1 Å². The van der Waals surface area contributed by atoms with E-state index in [1.54, 1.807) is 54.6 Å². The minimum Gasteiger partial charge on any atom is -0.462 e. The van der Waals surface area contributed by atoms with Gasteiger partial charge in [0.05, 0.1) is 29.3 Å². The zero-order valence-corrected chi connectivity index (χ0v) is 23.6. The maximum atomic E-state index is 13.5. The third-order valence-corrected chi connectivity index (χ3v) is 7.01. The molecule has 0 radical (unpaired) electrons. The van der Waals surface area contributed by atoms with Gasteiger partial charge < -0.3 is 13.6 Å². The first-order valence-corrected chi connectivity index (χ1v) is 13.9. The summed E-state index contributed by atoms with van der Waals surface area (Å²) in [5.74, 6) is 1.35. The molecule has 204 valence electrons. The SMILES string of the molecule is CCCCOC(=O)c1ccc(-c2ccc(C=Nn3c(-c4cc5cc(Br)ccc5o4)nc4ccccc4c3=O)o2)cc1. The van der Waals surface area contributed by atoms with Crippen molar-refractivity contribution in [3.63, 3.8) is 0 Å². The molecule has 0 aliphatic heterocycles. The summed E-state index contributed by atoms with van der Waals surface area (Å²) in [6.07, 6.45) is 3.25. The molecule has 41 heavy (non-hydrogen) atoms. The van der Waals surface area contributed by atoms with E-state index in [0.29, 0.717) is 45.9 Å². The van der Waals surface area contributed by atoms with Gasteiger partial charge in [-0.25, -0.2) is 9.78 Å². The number of aromatic nitrogens is 2. The molecule has 8 nitrogen and oxygen atoms in total. The number of rotatable bonds is 8. The van der Waals surface area contributed by atoms with Gasteiger partial charge in [0.2, 0.25) is 5.82 Å². The molecular weight excluding hydrogens is 586 g/mol. The number of carbonyl (C=O) groups is 1. The molecule has 0 N–H and O–H groups in total. The fourth-order valence-corrected chi connectivity index (χ4v) is 4.75. The Morgan fingerprint density at radius 2 is 1.83 bits per heavy atom. The fourth-order valence-electron chi connectivity index (χ4n) is 4.37. The molecule has 6 rings (SSSR count). The first kappa shape index (κ1) is 26.5. The van der Waals surface area contributed by atoms with Crippen LogP contribution in [0.2, 0.25) is 0 Å². The summed E-state index contributed by atoms with van der Waals surface area (Å²) in [5, 5.41) is 5.76. The Bertz CT molecular complexity index is 1970. The number of fused-ring (bicyclic) bond motifs is 2. The smallest absolute Gasteiger partial charge is 0.338 e. The van der Waals surface area contributed by atoms with E-state index in [0.717, 1.165) is 28.3 Å². The third kappa shape index (κ3) is 5.49. The zero-order valence-electron chi connectivity index (χ0n) is 22.0. The Morgan fingerprint density at radius 1 is 1.00 bits per heavy atom. The fraction of sp³-hybridized carbons (Fsp3) is 0.125. The van der Waals surface area contributed by atoms with E-state index >= 15 is 0 Å². The summed E-state index contributed by atoms with van der Waals surface area (Å²) in [4.78, 5) is 30.4. The van der Waals surface area contributed by atoms with Crippen LogP contribution in [0, 0.1) is 0 Å². The third-order valence-electron chi connectivity index (χ3n) is 6.52. The number of ether oxygens (including phenoxy) is 1. The maximum absolute atomic E-state index is 13.5. The van der Waals surface area contributed by atoms with Crippen LogP contribution in [-0.4, -0.2) is 28.5 Å². The number of furan rings is 2. The van der Waals surface area contributed by atoms with Crippen molar-refractivity contribution in [1.82, 2.24) is 9.66 Å². The summed E-state index contributed by atoms with van der Waals surface area (Å²) in [7, 11) is 0. The standard InChI is InChI=1S/C32H24BrN3O5/c1-2-3-16-39-32(38)21-10-8-20(9-11-21)27-15-13-24(40-27)19-34-36-30(35-26-7-5-4-6-25(26)31(36)37)29-18-22-17-23(33)12-14-28(22)41-29/h4-15,17-19H,2-3,16H2,1H3. The number of benzene rings is 3. The van der Waals surface area contributed by atoms with Crippen molar-refractivity contribution < 1.29 is 18.4 Å². The molecule has 0 atom stereocenters. The van der Waals surface area contributed by atoms with Gasteiger partial charge in [-0.1, -0.05) is 53.5 Å². The van der Waals surface area contributed by atoms with Crippen LogP contribution in [-0.2, 0) is 4.74 Å². The number of halogens is 1. The average molecular weight is 610 g/mol. The Balaban J connectivity index is 1.32.